The average Bonchev–Trinajstić information content (AvgIpc) is 2.62. The van der Waals surface area contributed by atoms with Gasteiger partial charge in [0, 0.05) is 5.39 Å². The molecule has 3 N–H and O–H groups in total. The van der Waals surface area contributed by atoms with Crippen molar-refractivity contribution < 1.29 is 14.4 Å². The summed E-state index contributed by atoms with van der Waals surface area (Å²) in [6.45, 7) is 3.97. The van der Waals surface area contributed by atoms with E-state index < -0.39 is 0 Å². The maximum Gasteiger partial charge on any atom is 0.177 e. The highest BCUT2D eigenvalue weighted by Crippen LogP contribution is 2.28. The zero-order valence-corrected chi connectivity index (χ0v) is 9.73. The van der Waals surface area contributed by atoms with E-state index in [1.807, 2.05) is 26.0 Å². The highest BCUT2D eigenvalue weighted by Gasteiger charge is 2.08. The molecule has 17 heavy (non-hydrogen) atoms. The molecule has 0 aliphatic heterocycles. The number of amidine groups is 1. The molecule has 0 bridgehead atoms. The largest absolute Gasteiger partial charge is 0.486 e. The van der Waals surface area contributed by atoms with E-state index in [2.05, 4.69) is 5.16 Å². The Bertz CT molecular complexity index is 572. The molecule has 2 rings (SSSR count). The Morgan fingerprint density at radius 1 is 1.47 bits per heavy atom. The van der Waals surface area contributed by atoms with E-state index in [0.29, 0.717) is 5.75 Å². The van der Waals surface area contributed by atoms with Crippen LogP contribution in [0.1, 0.15) is 11.3 Å². The first-order chi connectivity index (χ1) is 8.11. The number of oxime groups is 1. The van der Waals surface area contributed by atoms with E-state index in [4.69, 9.17) is 20.1 Å². The summed E-state index contributed by atoms with van der Waals surface area (Å²) in [6, 6.07) is 5.51. The van der Waals surface area contributed by atoms with Gasteiger partial charge in [-0.25, -0.2) is 0 Å². The molecule has 0 radical (unpaired) electrons. The maximum atomic E-state index is 8.40. The second-order valence-electron chi connectivity index (χ2n) is 3.82. The summed E-state index contributed by atoms with van der Waals surface area (Å²) < 4.78 is 10.9. The van der Waals surface area contributed by atoms with Crippen molar-refractivity contribution in [1.29, 1.82) is 0 Å². The van der Waals surface area contributed by atoms with Gasteiger partial charge in [-0.3, -0.25) is 0 Å². The van der Waals surface area contributed by atoms with Crippen molar-refractivity contribution in [3.05, 3.63) is 29.5 Å². The quantitative estimate of drug-likeness (QED) is 0.369. The van der Waals surface area contributed by atoms with E-state index in [-0.39, 0.29) is 12.4 Å². The van der Waals surface area contributed by atoms with Crippen LogP contribution in [-0.4, -0.2) is 17.6 Å². The van der Waals surface area contributed by atoms with Crippen molar-refractivity contribution in [2.75, 3.05) is 6.61 Å². The lowest BCUT2D eigenvalue weighted by Crippen LogP contribution is -2.20. The minimum absolute atomic E-state index is 0.0326. The van der Waals surface area contributed by atoms with E-state index >= 15 is 0 Å². The molecular formula is C12H14N2O3. The first-order valence-electron chi connectivity index (χ1n) is 5.20. The maximum absolute atomic E-state index is 8.40. The van der Waals surface area contributed by atoms with Gasteiger partial charge in [-0.2, -0.15) is 0 Å². The Hall–Kier alpha value is -2.17. The van der Waals surface area contributed by atoms with Crippen LogP contribution in [0.15, 0.2) is 27.8 Å². The third kappa shape index (κ3) is 2.18. The van der Waals surface area contributed by atoms with Crippen molar-refractivity contribution in [3.8, 4) is 5.75 Å². The first kappa shape index (κ1) is 11.3. The third-order valence-electron chi connectivity index (χ3n) is 2.66. The lowest BCUT2D eigenvalue weighted by atomic mass is 10.1. The van der Waals surface area contributed by atoms with Crippen LogP contribution in [0.3, 0.4) is 0 Å². The SMILES string of the molecule is Cc1oc2ccc(OC/C(N)=N\O)cc2c1C. The van der Waals surface area contributed by atoms with Crippen molar-refractivity contribution in [1.82, 2.24) is 0 Å². The predicted molar refractivity (Wildman–Crippen MR) is 64.6 cm³/mol. The normalized spacial score (nSPS) is 12.0. The Morgan fingerprint density at radius 2 is 2.24 bits per heavy atom. The molecule has 1 aromatic carbocycles. The van der Waals surface area contributed by atoms with E-state index in [1.165, 1.54) is 0 Å². The number of nitrogens with two attached hydrogens (primary N) is 1. The van der Waals surface area contributed by atoms with Gasteiger partial charge in [0.1, 0.15) is 23.7 Å². The molecule has 0 aliphatic rings. The Kier molecular flexibility index (Phi) is 2.91. The van der Waals surface area contributed by atoms with Crippen LogP contribution in [0.4, 0.5) is 0 Å². The molecule has 1 heterocycles. The number of benzene rings is 1. The Balaban J connectivity index is 2.28. The number of hydrogen-bond acceptors (Lipinski definition) is 4. The molecule has 2 aromatic rings. The minimum Gasteiger partial charge on any atom is -0.486 e. The second kappa shape index (κ2) is 4.37. The monoisotopic (exact) mass is 234 g/mol. The second-order valence-corrected chi connectivity index (χ2v) is 3.82. The molecule has 0 atom stereocenters. The predicted octanol–water partition coefficient (Wildman–Crippen LogP) is 2.17. The third-order valence-corrected chi connectivity index (χ3v) is 2.66. The molecule has 0 amide bonds. The van der Waals surface area contributed by atoms with Crippen molar-refractivity contribution in [2.24, 2.45) is 10.9 Å². The van der Waals surface area contributed by atoms with Gasteiger partial charge < -0.3 is 20.1 Å². The van der Waals surface area contributed by atoms with E-state index in [1.54, 1.807) is 6.07 Å². The lowest BCUT2D eigenvalue weighted by Gasteiger charge is -2.04. The summed E-state index contributed by atoms with van der Waals surface area (Å²) in [5, 5.41) is 12.3. The van der Waals surface area contributed by atoms with Crippen LogP contribution < -0.4 is 10.5 Å². The molecule has 1 aromatic heterocycles. The molecule has 5 nitrogen and oxygen atoms in total. The first-order valence-corrected chi connectivity index (χ1v) is 5.20. The molecule has 90 valence electrons. The highest BCUT2D eigenvalue weighted by atomic mass is 16.5. The molecule has 0 aliphatic carbocycles. The van der Waals surface area contributed by atoms with Crippen LogP contribution >= 0.6 is 0 Å². The topological polar surface area (TPSA) is 81.0 Å². The fourth-order valence-corrected chi connectivity index (χ4v) is 1.60. The Morgan fingerprint density at radius 3 is 2.94 bits per heavy atom. The molecule has 0 unspecified atom stereocenters. The molecular weight excluding hydrogens is 220 g/mol. The highest BCUT2D eigenvalue weighted by molar-refractivity contribution is 5.84. The zero-order valence-electron chi connectivity index (χ0n) is 9.73. The van der Waals surface area contributed by atoms with Crippen LogP contribution in [0.25, 0.3) is 11.0 Å². The number of furan rings is 1. The number of fused-ring (bicyclic) bond motifs is 1. The number of rotatable bonds is 3. The number of hydrogen-bond donors (Lipinski definition) is 2. The van der Waals surface area contributed by atoms with Gasteiger partial charge >= 0.3 is 0 Å². The van der Waals surface area contributed by atoms with Crippen molar-refractivity contribution in [2.45, 2.75) is 13.8 Å². The van der Waals surface area contributed by atoms with E-state index in [9.17, 15) is 0 Å². The van der Waals surface area contributed by atoms with Crippen molar-refractivity contribution >= 4 is 16.8 Å². The molecule has 0 fully saturated rings. The molecule has 0 spiro atoms. The van der Waals surface area contributed by atoms with Crippen molar-refractivity contribution in [3.63, 3.8) is 0 Å². The fourth-order valence-electron chi connectivity index (χ4n) is 1.60. The summed E-state index contributed by atoms with van der Waals surface area (Å²) in [5.74, 6) is 1.59. The van der Waals surface area contributed by atoms with Crippen LogP contribution in [-0.2, 0) is 0 Å². The van der Waals surface area contributed by atoms with Gasteiger partial charge in [-0.15, -0.1) is 0 Å². The molecule has 0 saturated carbocycles. The van der Waals surface area contributed by atoms with E-state index in [0.717, 1.165) is 22.3 Å². The van der Waals surface area contributed by atoms with Crippen LogP contribution in [0.5, 0.6) is 5.75 Å². The van der Waals surface area contributed by atoms with Gasteiger partial charge in [0.15, 0.2) is 5.84 Å². The summed E-state index contributed by atoms with van der Waals surface area (Å²) in [7, 11) is 0. The fraction of sp³-hybridized carbons (Fsp3) is 0.250. The number of nitrogens with zero attached hydrogens (tertiary/aromatic N) is 1. The summed E-state index contributed by atoms with van der Waals surface area (Å²) in [5.41, 5.74) is 7.25. The van der Waals surface area contributed by atoms with Crippen LogP contribution in [0.2, 0.25) is 0 Å². The lowest BCUT2D eigenvalue weighted by molar-refractivity contribution is 0.306. The Labute approximate surface area is 98.5 Å². The summed E-state index contributed by atoms with van der Waals surface area (Å²) in [6.07, 6.45) is 0. The summed E-state index contributed by atoms with van der Waals surface area (Å²) >= 11 is 0. The van der Waals surface area contributed by atoms with Crippen LogP contribution in [0, 0.1) is 13.8 Å². The summed E-state index contributed by atoms with van der Waals surface area (Å²) in [4.78, 5) is 0. The van der Waals surface area contributed by atoms with Gasteiger partial charge in [0.25, 0.3) is 0 Å². The molecule has 5 heteroatoms. The molecule has 0 saturated heterocycles. The van der Waals surface area contributed by atoms with Gasteiger partial charge in [0.05, 0.1) is 0 Å². The standard InChI is InChI=1S/C12H14N2O3/c1-7-8(2)17-11-4-3-9(5-10(7)11)16-6-12(13)14-15/h3-5,15H,6H2,1-2H3,(H2,13,14). The van der Waals surface area contributed by atoms with Gasteiger partial charge in [-0.1, -0.05) is 5.16 Å². The smallest absolute Gasteiger partial charge is 0.177 e. The minimum atomic E-state index is 0.0326. The number of ether oxygens (including phenoxy) is 1. The van der Waals surface area contributed by atoms with Gasteiger partial charge in [0.2, 0.25) is 0 Å². The average molecular weight is 234 g/mol. The number of aryl methyl sites for hydroxylation is 2. The zero-order chi connectivity index (χ0) is 12.4. The van der Waals surface area contributed by atoms with Gasteiger partial charge in [-0.05, 0) is 37.6 Å².